The van der Waals surface area contributed by atoms with Crippen molar-refractivity contribution in [1.29, 1.82) is 0 Å². The van der Waals surface area contributed by atoms with Crippen LogP contribution in [0.3, 0.4) is 0 Å². The standard InChI is InChI=1S/C19H27N5O/c1-14-5-6-15(2)17(11-14)18-16(12-20-21-18)13-23-7-9-24(10-8-23)19(25)22(3)4/h5-6,11-12H,7-10,13H2,1-4H3,(H,20,21). The van der Waals surface area contributed by atoms with Crippen molar-refractivity contribution in [2.24, 2.45) is 0 Å². The van der Waals surface area contributed by atoms with E-state index >= 15 is 0 Å². The summed E-state index contributed by atoms with van der Waals surface area (Å²) in [6.07, 6.45) is 1.93. The fourth-order valence-electron chi connectivity index (χ4n) is 3.29. The molecule has 0 bridgehead atoms. The molecule has 6 nitrogen and oxygen atoms in total. The first-order valence-electron chi connectivity index (χ1n) is 8.74. The number of aromatic nitrogens is 2. The maximum atomic E-state index is 12.0. The van der Waals surface area contributed by atoms with E-state index in [9.17, 15) is 4.79 Å². The van der Waals surface area contributed by atoms with Gasteiger partial charge in [0.05, 0.1) is 11.9 Å². The van der Waals surface area contributed by atoms with Gasteiger partial charge in [-0.25, -0.2) is 4.79 Å². The van der Waals surface area contributed by atoms with Crippen molar-refractivity contribution in [3.05, 3.63) is 41.1 Å². The van der Waals surface area contributed by atoms with Gasteiger partial charge >= 0.3 is 6.03 Å². The molecule has 2 heterocycles. The summed E-state index contributed by atoms with van der Waals surface area (Å²) in [4.78, 5) is 18.0. The molecule has 1 aromatic heterocycles. The van der Waals surface area contributed by atoms with Gasteiger partial charge in [0.15, 0.2) is 0 Å². The molecule has 6 heteroatoms. The van der Waals surface area contributed by atoms with Gasteiger partial charge in [-0.05, 0) is 25.5 Å². The molecule has 0 unspecified atom stereocenters. The fraction of sp³-hybridized carbons (Fsp3) is 0.474. The second kappa shape index (κ2) is 7.27. The summed E-state index contributed by atoms with van der Waals surface area (Å²) in [6, 6.07) is 6.59. The number of carbonyl (C=O) groups excluding carboxylic acids is 1. The smallest absolute Gasteiger partial charge is 0.319 e. The highest BCUT2D eigenvalue weighted by atomic mass is 16.2. The Morgan fingerprint density at radius 3 is 2.60 bits per heavy atom. The lowest BCUT2D eigenvalue weighted by Crippen LogP contribution is -2.51. The van der Waals surface area contributed by atoms with Crippen molar-refractivity contribution in [2.45, 2.75) is 20.4 Å². The zero-order valence-electron chi connectivity index (χ0n) is 15.5. The number of nitrogens with one attached hydrogen (secondary N) is 1. The van der Waals surface area contributed by atoms with E-state index in [1.807, 2.05) is 11.1 Å². The SMILES string of the molecule is Cc1ccc(C)c(-c2[nH]ncc2CN2CCN(C(=O)N(C)C)CC2)c1. The Bertz CT molecular complexity index is 744. The largest absolute Gasteiger partial charge is 0.331 e. The molecular formula is C19H27N5O. The van der Waals surface area contributed by atoms with Gasteiger partial charge in [0.25, 0.3) is 0 Å². The number of hydrogen-bond donors (Lipinski definition) is 1. The van der Waals surface area contributed by atoms with Crippen LogP contribution in [-0.2, 0) is 6.54 Å². The van der Waals surface area contributed by atoms with Gasteiger partial charge in [-0.1, -0.05) is 17.7 Å². The number of carbonyl (C=O) groups is 1. The molecule has 2 aromatic rings. The van der Waals surface area contributed by atoms with Crippen LogP contribution in [0.2, 0.25) is 0 Å². The normalized spacial score (nSPS) is 15.4. The Labute approximate surface area is 149 Å². The lowest BCUT2D eigenvalue weighted by Gasteiger charge is -2.35. The maximum Gasteiger partial charge on any atom is 0.319 e. The van der Waals surface area contributed by atoms with Gasteiger partial charge in [0, 0.05) is 57.9 Å². The van der Waals surface area contributed by atoms with Gasteiger partial charge in [-0.3, -0.25) is 10.00 Å². The number of aromatic amines is 1. The fourth-order valence-corrected chi connectivity index (χ4v) is 3.29. The molecule has 1 fully saturated rings. The first-order valence-corrected chi connectivity index (χ1v) is 8.74. The zero-order chi connectivity index (χ0) is 18.0. The van der Waals surface area contributed by atoms with Crippen molar-refractivity contribution in [1.82, 2.24) is 24.9 Å². The number of urea groups is 1. The minimum Gasteiger partial charge on any atom is -0.331 e. The number of hydrogen-bond acceptors (Lipinski definition) is 3. The lowest BCUT2D eigenvalue weighted by atomic mass is 10.00. The van der Waals surface area contributed by atoms with Crippen LogP contribution >= 0.6 is 0 Å². The van der Waals surface area contributed by atoms with Crippen LogP contribution in [0, 0.1) is 13.8 Å². The van der Waals surface area contributed by atoms with Crippen LogP contribution in [0.4, 0.5) is 4.79 Å². The first-order chi connectivity index (χ1) is 12.0. The highest BCUT2D eigenvalue weighted by molar-refractivity contribution is 5.74. The van der Waals surface area contributed by atoms with Crippen LogP contribution in [0.5, 0.6) is 0 Å². The number of nitrogens with zero attached hydrogens (tertiary/aromatic N) is 4. The topological polar surface area (TPSA) is 55.5 Å². The molecule has 134 valence electrons. The van der Waals surface area contributed by atoms with Gasteiger partial charge in [-0.15, -0.1) is 0 Å². The van der Waals surface area contributed by atoms with E-state index in [4.69, 9.17) is 0 Å². The summed E-state index contributed by atoms with van der Waals surface area (Å²) in [6.45, 7) is 8.41. The molecule has 0 spiro atoms. The molecule has 2 amide bonds. The summed E-state index contributed by atoms with van der Waals surface area (Å²) in [5, 5.41) is 7.45. The van der Waals surface area contributed by atoms with Crippen molar-refractivity contribution < 1.29 is 4.79 Å². The molecular weight excluding hydrogens is 314 g/mol. The van der Waals surface area contributed by atoms with Crippen LogP contribution in [0.25, 0.3) is 11.3 Å². The van der Waals surface area contributed by atoms with Crippen molar-refractivity contribution in [3.8, 4) is 11.3 Å². The number of aryl methyl sites for hydroxylation is 2. The molecule has 25 heavy (non-hydrogen) atoms. The summed E-state index contributed by atoms with van der Waals surface area (Å²) >= 11 is 0. The number of amides is 2. The van der Waals surface area contributed by atoms with Crippen molar-refractivity contribution in [3.63, 3.8) is 0 Å². The molecule has 0 atom stereocenters. The third kappa shape index (κ3) is 3.85. The average molecular weight is 341 g/mol. The molecule has 1 aliphatic rings. The molecule has 0 aliphatic carbocycles. The zero-order valence-corrected chi connectivity index (χ0v) is 15.5. The average Bonchev–Trinajstić information content (AvgIpc) is 3.05. The van der Waals surface area contributed by atoms with E-state index in [0.717, 1.165) is 38.4 Å². The third-order valence-electron chi connectivity index (χ3n) is 4.80. The van der Waals surface area contributed by atoms with Crippen LogP contribution in [0.15, 0.2) is 24.4 Å². The van der Waals surface area contributed by atoms with E-state index < -0.39 is 0 Å². The number of rotatable bonds is 3. The highest BCUT2D eigenvalue weighted by Gasteiger charge is 2.23. The maximum absolute atomic E-state index is 12.0. The second-order valence-electron chi connectivity index (χ2n) is 7.03. The van der Waals surface area contributed by atoms with Crippen molar-refractivity contribution >= 4 is 6.03 Å². The van der Waals surface area contributed by atoms with E-state index in [-0.39, 0.29) is 6.03 Å². The summed E-state index contributed by atoms with van der Waals surface area (Å²) in [5.74, 6) is 0. The third-order valence-corrected chi connectivity index (χ3v) is 4.80. The molecule has 0 radical (unpaired) electrons. The van der Waals surface area contributed by atoms with Crippen LogP contribution < -0.4 is 0 Å². The molecule has 1 N–H and O–H groups in total. The minimum atomic E-state index is 0.0963. The van der Waals surface area contributed by atoms with Crippen LogP contribution in [-0.4, -0.2) is 71.2 Å². The van der Waals surface area contributed by atoms with Crippen molar-refractivity contribution in [2.75, 3.05) is 40.3 Å². The van der Waals surface area contributed by atoms with Gasteiger partial charge in [-0.2, -0.15) is 5.10 Å². The predicted octanol–water partition coefficient (Wildman–Crippen LogP) is 2.49. The number of piperazine rings is 1. The molecule has 0 saturated carbocycles. The van der Waals surface area contributed by atoms with E-state index in [1.54, 1.807) is 19.0 Å². The van der Waals surface area contributed by atoms with Crippen LogP contribution in [0.1, 0.15) is 16.7 Å². The second-order valence-corrected chi connectivity index (χ2v) is 7.03. The summed E-state index contributed by atoms with van der Waals surface area (Å²) in [5.41, 5.74) is 6.03. The number of H-pyrrole nitrogens is 1. The Balaban J connectivity index is 1.69. The molecule has 3 rings (SSSR count). The molecule has 1 aliphatic heterocycles. The Kier molecular flexibility index (Phi) is 5.08. The Morgan fingerprint density at radius 1 is 1.20 bits per heavy atom. The molecule has 1 aromatic carbocycles. The minimum absolute atomic E-state index is 0.0963. The van der Waals surface area contributed by atoms with Gasteiger partial charge in [0.2, 0.25) is 0 Å². The van der Waals surface area contributed by atoms with E-state index in [0.29, 0.717) is 0 Å². The molecule has 1 saturated heterocycles. The number of benzene rings is 1. The summed E-state index contributed by atoms with van der Waals surface area (Å²) in [7, 11) is 3.60. The lowest BCUT2D eigenvalue weighted by molar-refractivity contribution is 0.120. The summed E-state index contributed by atoms with van der Waals surface area (Å²) < 4.78 is 0. The van der Waals surface area contributed by atoms with Gasteiger partial charge < -0.3 is 9.80 Å². The predicted molar refractivity (Wildman–Crippen MR) is 99.4 cm³/mol. The Hall–Kier alpha value is -2.34. The quantitative estimate of drug-likeness (QED) is 0.933. The first kappa shape index (κ1) is 17.5. The monoisotopic (exact) mass is 341 g/mol. The Morgan fingerprint density at radius 2 is 1.92 bits per heavy atom. The van der Waals surface area contributed by atoms with E-state index in [1.165, 1.54) is 22.3 Å². The van der Waals surface area contributed by atoms with Gasteiger partial charge in [0.1, 0.15) is 0 Å². The highest BCUT2D eigenvalue weighted by Crippen LogP contribution is 2.27. The van der Waals surface area contributed by atoms with E-state index in [2.05, 4.69) is 47.1 Å².